The Labute approximate surface area is 70.0 Å². The summed E-state index contributed by atoms with van der Waals surface area (Å²) in [6, 6.07) is 11.6. The molecule has 1 nitrogen and oxygen atoms in total. The van der Waals surface area contributed by atoms with Gasteiger partial charge in [-0.05, 0) is 0 Å². The maximum atomic E-state index is 11.0. The van der Waals surface area contributed by atoms with Gasteiger partial charge in [-0.25, -0.2) is 0 Å². The molecule has 0 aliphatic heterocycles. The fourth-order valence-electron chi connectivity index (χ4n) is 1.01. The van der Waals surface area contributed by atoms with Crippen LogP contribution in [0.1, 0.15) is 0 Å². The summed E-state index contributed by atoms with van der Waals surface area (Å²) in [4.78, 5) is 11.0. The number of hydrogen-bond acceptors (Lipinski definition) is 1. The SMILES string of the molecule is O=c1ccc2ccccc2[se]1. The Morgan fingerprint density at radius 1 is 1.00 bits per heavy atom. The summed E-state index contributed by atoms with van der Waals surface area (Å²) in [6.07, 6.45) is 0. The van der Waals surface area contributed by atoms with E-state index in [0.717, 1.165) is 0 Å². The van der Waals surface area contributed by atoms with Crippen molar-refractivity contribution < 1.29 is 0 Å². The zero-order valence-corrected chi connectivity index (χ0v) is 7.49. The molecular formula is C9H6OSe. The molecule has 1 heterocycles. The van der Waals surface area contributed by atoms with E-state index in [2.05, 4.69) is 0 Å². The Balaban J connectivity index is 2.94. The molecule has 1 aromatic heterocycles. The fourth-order valence-corrected chi connectivity index (χ4v) is 2.59. The monoisotopic (exact) mass is 210 g/mol. The molecule has 2 rings (SSSR count). The van der Waals surface area contributed by atoms with Gasteiger partial charge in [-0.1, -0.05) is 0 Å². The summed E-state index contributed by atoms with van der Waals surface area (Å²) in [5.74, 6) is 0. The molecule has 0 N–H and O–H groups in total. The van der Waals surface area contributed by atoms with Gasteiger partial charge in [0.2, 0.25) is 0 Å². The second kappa shape index (κ2) is 2.65. The van der Waals surface area contributed by atoms with Crippen molar-refractivity contribution in [1.82, 2.24) is 0 Å². The first-order chi connectivity index (χ1) is 5.36. The second-order valence-corrected chi connectivity index (χ2v) is 4.49. The molecule has 0 fully saturated rings. The van der Waals surface area contributed by atoms with Crippen LogP contribution in [-0.4, -0.2) is 14.5 Å². The summed E-state index contributed by atoms with van der Waals surface area (Å²) in [5, 5.41) is 1.20. The van der Waals surface area contributed by atoms with Crippen LogP contribution in [-0.2, 0) is 0 Å². The van der Waals surface area contributed by atoms with E-state index in [-0.39, 0.29) is 18.8 Å². The Bertz CT molecular complexity index is 431. The van der Waals surface area contributed by atoms with Crippen LogP contribution in [0.25, 0.3) is 9.65 Å². The first-order valence-electron chi connectivity index (χ1n) is 3.35. The second-order valence-electron chi connectivity index (χ2n) is 2.29. The van der Waals surface area contributed by atoms with E-state index in [1.54, 1.807) is 6.07 Å². The predicted molar refractivity (Wildman–Crippen MR) is 47.2 cm³/mol. The van der Waals surface area contributed by atoms with Gasteiger partial charge in [0.25, 0.3) is 0 Å². The molecule has 0 radical (unpaired) electrons. The van der Waals surface area contributed by atoms with Crippen molar-refractivity contribution in [2.24, 2.45) is 0 Å². The molecule has 54 valence electrons. The first-order valence-corrected chi connectivity index (χ1v) is 5.06. The van der Waals surface area contributed by atoms with Gasteiger partial charge in [-0.3, -0.25) is 0 Å². The Kier molecular flexibility index (Phi) is 1.65. The summed E-state index contributed by atoms with van der Waals surface area (Å²) in [7, 11) is 0. The van der Waals surface area contributed by atoms with E-state index in [4.69, 9.17) is 0 Å². The zero-order chi connectivity index (χ0) is 7.68. The van der Waals surface area contributed by atoms with E-state index in [1.165, 1.54) is 9.65 Å². The van der Waals surface area contributed by atoms with Crippen molar-refractivity contribution >= 4 is 24.1 Å². The van der Waals surface area contributed by atoms with Crippen LogP contribution < -0.4 is 4.30 Å². The summed E-state index contributed by atoms with van der Waals surface area (Å²) in [5.41, 5.74) is 0. The minimum atomic E-state index is 0.0192. The van der Waals surface area contributed by atoms with Crippen molar-refractivity contribution in [2.75, 3.05) is 0 Å². The van der Waals surface area contributed by atoms with E-state index in [9.17, 15) is 4.79 Å². The molecule has 1 aromatic carbocycles. The number of hydrogen-bond donors (Lipinski definition) is 0. The molecule has 0 atom stereocenters. The topological polar surface area (TPSA) is 17.1 Å². The summed E-state index contributed by atoms with van der Waals surface area (Å²) < 4.78 is 1.46. The Morgan fingerprint density at radius 3 is 2.73 bits per heavy atom. The molecule has 0 aliphatic rings. The van der Waals surface area contributed by atoms with Crippen molar-refractivity contribution in [1.29, 1.82) is 0 Å². The molecule has 0 bridgehead atoms. The summed E-state index contributed by atoms with van der Waals surface area (Å²) >= 11 is 0.0192. The maximum absolute atomic E-state index is 11.0. The van der Waals surface area contributed by atoms with Crippen LogP contribution in [0.2, 0.25) is 0 Å². The van der Waals surface area contributed by atoms with Gasteiger partial charge in [0.1, 0.15) is 0 Å². The van der Waals surface area contributed by atoms with E-state index >= 15 is 0 Å². The van der Waals surface area contributed by atoms with Gasteiger partial charge in [0.15, 0.2) is 0 Å². The van der Waals surface area contributed by atoms with Crippen molar-refractivity contribution in [2.45, 2.75) is 0 Å². The Hall–Kier alpha value is -0.851. The quantitative estimate of drug-likeness (QED) is 0.597. The molecule has 0 unspecified atom stereocenters. The van der Waals surface area contributed by atoms with Gasteiger partial charge >= 0.3 is 69.6 Å². The van der Waals surface area contributed by atoms with Crippen molar-refractivity contribution in [3.05, 3.63) is 45.5 Å². The van der Waals surface area contributed by atoms with Crippen LogP contribution in [0.15, 0.2) is 41.2 Å². The van der Waals surface area contributed by atoms with Crippen LogP contribution in [0, 0.1) is 0 Å². The van der Waals surface area contributed by atoms with Crippen molar-refractivity contribution in [3.8, 4) is 0 Å². The number of fused-ring (bicyclic) bond motifs is 1. The fraction of sp³-hybridized carbons (Fsp3) is 0. The van der Waals surface area contributed by atoms with E-state index in [0.29, 0.717) is 0 Å². The van der Waals surface area contributed by atoms with Gasteiger partial charge < -0.3 is 0 Å². The van der Waals surface area contributed by atoms with Crippen LogP contribution in [0.4, 0.5) is 0 Å². The third-order valence-electron chi connectivity index (χ3n) is 1.53. The average molecular weight is 209 g/mol. The number of rotatable bonds is 0. The Morgan fingerprint density at radius 2 is 1.82 bits per heavy atom. The molecule has 0 amide bonds. The predicted octanol–water partition coefficient (Wildman–Crippen LogP) is 1.26. The number of benzene rings is 1. The standard InChI is InChI=1S/C9H6OSe/c10-9-6-5-7-3-1-2-4-8(7)11-9/h1-6H. The van der Waals surface area contributed by atoms with Gasteiger partial charge in [-0.15, -0.1) is 0 Å². The zero-order valence-electron chi connectivity index (χ0n) is 5.78. The van der Waals surface area contributed by atoms with E-state index in [1.807, 2.05) is 30.3 Å². The van der Waals surface area contributed by atoms with Crippen LogP contribution in [0.5, 0.6) is 0 Å². The first kappa shape index (κ1) is 6.83. The molecule has 0 spiro atoms. The minimum absolute atomic E-state index is 0.0192. The van der Waals surface area contributed by atoms with Gasteiger partial charge in [0, 0.05) is 0 Å². The average Bonchev–Trinajstić information content (AvgIpc) is 2.04. The van der Waals surface area contributed by atoms with Gasteiger partial charge in [-0.2, -0.15) is 0 Å². The molecular weight excluding hydrogens is 203 g/mol. The van der Waals surface area contributed by atoms with Crippen molar-refractivity contribution in [3.63, 3.8) is 0 Å². The molecule has 11 heavy (non-hydrogen) atoms. The summed E-state index contributed by atoms with van der Waals surface area (Å²) in [6.45, 7) is 0. The van der Waals surface area contributed by atoms with Crippen LogP contribution >= 0.6 is 0 Å². The molecule has 2 aromatic rings. The molecule has 0 saturated carbocycles. The molecule has 0 aliphatic carbocycles. The molecule has 0 saturated heterocycles. The third kappa shape index (κ3) is 1.28. The van der Waals surface area contributed by atoms with Gasteiger partial charge in [0.05, 0.1) is 0 Å². The van der Waals surface area contributed by atoms with Crippen LogP contribution in [0.3, 0.4) is 0 Å². The third-order valence-corrected chi connectivity index (χ3v) is 3.48. The molecule has 2 heteroatoms. The van der Waals surface area contributed by atoms with E-state index < -0.39 is 0 Å². The normalized spacial score (nSPS) is 10.2.